The molecule has 0 unspecified atom stereocenters. The highest BCUT2D eigenvalue weighted by molar-refractivity contribution is 7.46. The molecule has 0 aromatic heterocycles. The molecular formula is C16H31O6P. The monoisotopic (exact) mass is 350 g/mol. The van der Waals surface area contributed by atoms with Crippen LogP contribution in [0, 0.1) is 0 Å². The van der Waals surface area contributed by atoms with E-state index in [1.807, 2.05) is 0 Å². The number of rotatable bonds is 15. The molecule has 0 aliphatic rings. The van der Waals surface area contributed by atoms with Crippen LogP contribution in [0.15, 0.2) is 12.2 Å². The Hall–Kier alpha value is -0.680. The summed E-state index contributed by atoms with van der Waals surface area (Å²) >= 11 is 0. The van der Waals surface area contributed by atoms with E-state index in [9.17, 15) is 9.36 Å². The van der Waals surface area contributed by atoms with Gasteiger partial charge in [-0.05, 0) is 19.8 Å². The van der Waals surface area contributed by atoms with Crippen LogP contribution in [0.25, 0.3) is 0 Å². The molecule has 0 aliphatic carbocycles. The second-order valence-corrected chi connectivity index (χ2v) is 7.01. The second kappa shape index (κ2) is 13.7. The Kier molecular flexibility index (Phi) is 13.3. The molecule has 6 nitrogen and oxygen atoms in total. The van der Waals surface area contributed by atoms with Gasteiger partial charge in [-0.25, -0.2) is 9.36 Å². The predicted molar refractivity (Wildman–Crippen MR) is 89.9 cm³/mol. The SMILES string of the molecule is C=C(C)C(=O)OCCCCCCCCCCCCOP(=O)(O)O. The fraction of sp³-hybridized carbons (Fsp3) is 0.812. The molecule has 0 amide bonds. The molecule has 0 atom stereocenters. The summed E-state index contributed by atoms with van der Waals surface area (Å²) in [6.45, 7) is 5.78. The Labute approximate surface area is 139 Å². The third-order valence-electron chi connectivity index (χ3n) is 3.38. The Morgan fingerprint density at radius 2 is 1.26 bits per heavy atom. The first-order valence-corrected chi connectivity index (χ1v) is 9.88. The Bertz CT molecular complexity index is 377. The van der Waals surface area contributed by atoms with Crippen LogP contribution >= 0.6 is 7.82 Å². The van der Waals surface area contributed by atoms with E-state index < -0.39 is 7.82 Å². The van der Waals surface area contributed by atoms with Gasteiger partial charge in [0.1, 0.15) is 0 Å². The normalized spacial score (nSPS) is 11.4. The molecule has 2 N–H and O–H groups in total. The molecule has 0 radical (unpaired) electrons. The molecule has 0 saturated carbocycles. The highest BCUT2D eigenvalue weighted by Gasteiger charge is 2.12. The van der Waals surface area contributed by atoms with E-state index in [1.165, 1.54) is 19.3 Å². The maximum Gasteiger partial charge on any atom is 0.469 e. The van der Waals surface area contributed by atoms with Crippen LogP contribution < -0.4 is 0 Å². The predicted octanol–water partition coefficient (Wildman–Crippen LogP) is 4.12. The molecule has 0 fully saturated rings. The third kappa shape index (κ3) is 17.5. The summed E-state index contributed by atoms with van der Waals surface area (Å²) in [7, 11) is -4.29. The van der Waals surface area contributed by atoms with Crippen LogP contribution in [0.1, 0.15) is 71.1 Å². The number of phosphoric acid groups is 1. The quantitative estimate of drug-likeness (QED) is 0.200. The van der Waals surface area contributed by atoms with Gasteiger partial charge in [0, 0.05) is 5.57 Å². The van der Waals surface area contributed by atoms with Crippen molar-refractivity contribution in [3.05, 3.63) is 12.2 Å². The first-order chi connectivity index (χ1) is 10.8. The molecule has 0 rings (SSSR count). The summed E-state index contributed by atoms with van der Waals surface area (Å²) in [5.41, 5.74) is 0.443. The summed E-state index contributed by atoms with van der Waals surface area (Å²) in [5.74, 6) is -0.309. The van der Waals surface area contributed by atoms with E-state index in [0.717, 1.165) is 38.5 Å². The average molecular weight is 350 g/mol. The van der Waals surface area contributed by atoms with E-state index >= 15 is 0 Å². The van der Waals surface area contributed by atoms with Gasteiger partial charge in [-0.2, -0.15) is 0 Å². The second-order valence-electron chi connectivity index (χ2n) is 5.78. The molecule has 0 spiro atoms. The van der Waals surface area contributed by atoms with Gasteiger partial charge in [0.2, 0.25) is 0 Å². The lowest BCUT2D eigenvalue weighted by atomic mass is 10.1. The molecule has 0 bridgehead atoms. The van der Waals surface area contributed by atoms with E-state index in [-0.39, 0.29) is 12.6 Å². The third-order valence-corrected chi connectivity index (χ3v) is 3.90. The number of unbranched alkanes of at least 4 members (excludes halogenated alkanes) is 9. The minimum atomic E-state index is -4.29. The van der Waals surface area contributed by atoms with E-state index in [4.69, 9.17) is 14.5 Å². The number of carbonyl (C=O) groups is 1. The molecular weight excluding hydrogens is 319 g/mol. The van der Waals surface area contributed by atoms with Crippen molar-refractivity contribution >= 4 is 13.8 Å². The summed E-state index contributed by atoms with van der Waals surface area (Å²) < 4.78 is 19.8. The minimum Gasteiger partial charge on any atom is -0.462 e. The number of esters is 1. The largest absolute Gasteiger partial charge is 0.469 e. The Morgan fingerprint density at radius 1 is 0.870 bits per heavy atom. The lowest BCUT2D eigenvalue weighted by molar-refractivity contribution is -0.139. The first kappa shape index (κ1) is 22.3. The van der Waals surface area contributed by atoms with Gasteiger partial charge in [0.25, 0.3) is 0 Å². The lowest BCUT2D eigenvalue weighted by Gasteiger charge is -2.05. The number of hydrogen-bond donors (Lipinski definition) is 2. The Morgan fingerprint density at radius 3 is 1.65 bits per heavy atom. The summed E-state index contributed by atoms with van der Waals surface area (Å²) in [5, 5.41) is 0. The molecule has 0 heterocycles. The zero-order chi connectivity index (χ0) is 17.6. The highest BCUT2D eigenvalue weighted by Crippen LogP contribution is 2.35. The maximum absolute atomic E-state index is 11.1. The van der Waals surface area contributed by atoms with Gasteiger partial charge < -0.3 is 14.5 Å². The minimum absolute atomic E-state index is 0.125. The molecule has 23 heavy (non-hydrogen) atoms. The number of hydrogen-bond acceptors (Lipinski definition) is 4. The summed E-state index contributed by atoms with van der Waals surface area (Å²) in [6, 6.07) is 0. The molecule has 0 aliphatic heterocycles. The summed E-state index contributed by atoms with van der Waals surface area (Å²) in [4.78, 5) is 28.1. The van der Waals surface area contributed by atoms with Crippen molar-refractivity contribution in [2.75, 3.05) is 13.2 Å². The number of ether oxygens (including phenoxy) is 1. The van der Waals surface area contributed by atoms with Gasteiger partial charge in [0.15, 0.2) is 0 Å². The van der Waals surface area contributed by atoms with Crippen molar-refractivity contribution < 1.29 is 28.4 Å². The Balaban J connectivity index is 3.15. The lowest BCUT2D eigenvalue weighted by Crippen LogP contribution is -2.05. The van der Waals surface area contributed by atoms with Crippen molar-refractivity contribution in [2.45, 2.75) is 71.1 Å². The zero-order valence-electron chi connectivity index (χ0n) is 14.2. The fourth-order valence-electron chi connectivity index (χ4n) is 2.09. The van der Waals surface area contributed by atoms with Crippen molar-refractivity contribution in [3.8, 4) is 0 Å². The van der Waals surface area contributed by atoms with Crippen LogP contribution in [0.5, 0.6) is 0 Å². The number of carbonyl (C=O) groups excluding carboxylic acids is 1. The van der Waals surface area contributed by atoms with Crippen LogP contribution in [-0.2, 0) is 18.6 Å². The van der Waals surface area contributed by atoms with Crippen LogP contribution in [-0.4, -0.2) is 29.0 Å². The smallest absolute Gasteiger partial charge is 0.462 e. The van der Waals surface area contributed by atoms with Gasteiger partial charge >= 0.3 is 13.8 Å². The van der Waals surface area contributed by atoms with Crippen molar-refractivity contribution in [1.82, 2.24) is 0 Å². The summed E-state index contributed by atoms with van der Waals surface area (Å²) in [6.07, 6.45) is 10.5. The van der Waals surface area contributed by atoms with Crippen molar-refractivity contribution in [2.24, 2.45) is 0 Å². The molecule has 0 aromatic rings. The van der Waals surface area contributed by atoms with Crippen LogP contribution in [0.2, 0.25) is 0 Å². The van der Waals surface area contributed by atoms with Gasteiger partial charge in [-0.15, -0.1) is 0 Å². The van der Waals surface area contributed by atoms with Gasteiger partial charge in [0.05, 0.1) is 13.2 Å². The highest BCUT2D eigenvalue weighted by atomic mass is 31.2. The molecule has 136 valence electrons. The van der Waals surface area contributed by atoms with E-state index in [2.05, 4.69) is 11.1 Å². The topological polar surface area (TPSA) is 93.1 Å². The fourth-order valence-corrected chi connectivity index (χ4v) is 2.46. The van der Waals surface area contributed by atoms with Crippen molar-refractivity contribution in [1.29, 1.82) is 0 Å². The van der Waals surface area contributed by atoms with Crippen molar-refractivity contribution in [3.63, 3.8) is 0 Å². The molecule has 0 saturated heterocycles. The van der Waals surface area contributed by atoms with E-state index in [0.29, 0.717) is 18.6 Å². The molecule has 0 aromatic carbocycles. The molecule has 7 heteroatoms. The van der Waals surface area contributed by atoms with Gasteiger partial charge in [-0.3, -0.25) is 4.52 Å². The van der Waals surface area contributed by atoms with Crippen LogP contribution in [0.4, 0.5) is 0 Å². The first-order valence-electron chi connectivity index (χ1n) is 8.35. The standard InChI is InChI=1S/C16H31O6P/c1-15(2)16(17)21-13-11-9-7-5-3-4-6-8-10-12-14-22-23(18,19)20/h1,3-14H2,2H3,(H2,18,19,20). The van der Waals surface area contributed by atoms with E-state index in [1.54, 1.807) is 6.92 Å². The number of phosphoric ester groups is 1. The van der Waals surface area contributed by atoms with Gasteiger partial charge in [-0.1, -0.05) is 57.9 Å². The average Bonchev–Trinajstić information content (AvgIpc) is 2.46. The van der Waals surface area contributed by atoms with Crippen LogP contribution in [0.3, 0.4) is 0 Å². The maximum atomic E-state index is 11.1. The zero-order valence-corrected chi connectivity index (χ0v) is 15.1.